The van der Waals surface area contributed by atoms with Crippen molar-refractivity contribution in [3.8, 4) is 0 Å². The zero-order valence-electron chi connectivity index (χ0n) is 6.59. The molecule has 0 saturated carbocycles. The molecule has 0 radical (unpaired) electrons. The monoisotopic (exact) mass is 154 g/mol. The molecular formula is C8H10O3. The minimum Gasteiger partial charge on any atom is -0.469 e. The average molecular weight is 154 g/mol. The van der Waals surface area contributed by atoms with Crippen molar-refractivity contribution in [3.05, 3.63) is 23.7 Å². The predicted molar refractivity (Wildman–Crippen MR) is 39.7 cm³/mol. The van der Waals surface area contributed by atoms with Crippen molar-refractivity contribution in [2.24, 2.45) is 0 Å². The van der Waals surface area contributed by atoms with Crippen molar-refractivity contribution in [1.29, 1.82) is 0 Å². The Morgan fingerprint density at radius 3 is 2.91 bits per heavy atom. The summed E-state index contributed by atoms with van der Waals surface area (Å²) in [7, 11) is 1.49. The largest absolute Gasteiger partial charge is 0.469 e. The summed E-state index contributed by atoms with van der Waals surface area (Å²) in [6, 6.07) is 1.65. The lowest BCUT2D eigenvalue weighted by atomic mass is 10.2. The number of Topliss-reactive ketones (excluding diaryl/α,β-unsaturated/α-hetero) is 1. The van der Waals surface area contributed by atoms with Gasteiger partial charge in [0.25, 0.3) is 0 Å². The number of ether oxygens (including phenoxy) is 1. The molecule has 1 rings (SSSR count). The van der Waals surface area contributed by atoms with Crippen molar-refractivity contribution in [1.82, 2.24) is 0 Å². The number of carbonyl (C=O) groups excluding carboxylic acids is 1. The molecule has 0 N–H and O–H groups in total. The van der Waals surface area contributed by atoms with Gasteiger partial charge in [0.15, 0.2) is 5.78 Å². The molecule has 0 aliphatic heterocycles. The summed E-state index contributed by atoms with van der Waals surface area (Å²) in [5.41, 5.74) is 0.604. The Hall–Kier alpha value is -1.09. The molecule has 3 nitrogen and oxygen atoms in total. The van der Waals surface area contributed by atoms with E-state index in [2.05, 4.69) is 0 Å². The summed E-state index contributed by atoms with van der Waals surface area (Å²) in [5, 5.41) is 0. The number of ketones is 1. The van der Waals surface area contributed by atoms with Gasteiger partial charge in [-0.2, -0.15) is 0 Å². The van der Waals surface area contributed by atoms with Crippen LogP contribution in [0.3, 0.4) is 0 Å². The molecule has 3 heteroatoms. The quantitative estimate of drug-likeness (QED) is 0.618. The average Bonchev–Trinajstić information content (AvgIpc) is 2.36. The van der Waals surface area contributed by atoms with E-state index >= 15 is 0 Å². The van der Waals surface area contributed by atoms with Gasteiger partial charge in [0.1, 0.15) is 12.4 Å². The minimum absolute atomic E-state index is 0.0428. The minimum atomic E-state index is -0.0428. The molecule has 1 aromatic rings. The number of hydrogen-bond donors (Lipinski definition) is 0. The molecule has 1 aromatic heterocycles. The van der Waals surface area contributed by atoms with Crippen LogP contribution in [-0.2, 0) is 4.74 Å². The highest BCUT2D eigenvalue weighted by Crippen LogP contribution is 2.08. The van der Waals surface area contributed by atoms with E-state index < -0.39 is 0 Å². The van der Waals surface area contributed by atoms with Gasteiger partial charge < -0.3 is 9.15 Å². The first kappa shape index (κ1) is 8.01. The van der Waals surface area contributed by atoms with Gasteiger partial charge in [0.2, 0.25) is 0 Å². The molecule has 0 aliphatic rings. The molecule has 0 amide bonds. The number of hydrogen-bond acceptors (Lipinski definition) is 3. The van der Waals surface area contributed by atoms with Crippen molar-refractivity contribution in [2.45, 2.75) is 6.92 Å². The topological polar surface area (TPSA) is 39.4 Å². The number of methoxy groups -OCH3 is 1. The highest BCUT2D eigenvalue weighted by Gasteiger charge is 2.09. The molecule has 11 heavy (non-hydrogen) atoms. The van der Waals surface area contributed by atoms with Gasteiger partial charge >= 0.3 is 0 Å². The van der Waals surface area contributed by atoms with Crippen LogP contribution in [0.4, 0.5) is 0 Å². The first-order valence-corrected chi connectivity index (χ1v) is 3.32. The van der Waals surface area contributed by atoms with Gasteiger partial charge in [0.05, 0.1) is 11.8 Å². The third-order valence-corrected chi connectivity index (χ3v) is 1.43. The lowest BCUT2D eigenvalue weighted by molar-refractivity contribution is 0.0846. The summed E-state index contributed by atoms with van der Waals surface area (Å²) in [6.45, 7) is 1.86. The lowest BCUT2D eigenvalue weighted by Crippen LogP contribution is -2.06. The molecular weight excluding hydrogens is 144 g/mol. The van der Waals surface area contributed by atoms with Crippen LogP contribution in [0.15, 0.2) is 16.7 Å². The van der Waals surface area contributed by atoms with Gasteiger partial charge in [-0.15, -0.1) is 0 Å². The molecule has 0 atom stereocenters. The van der Waals surface area contributed by atoms with E-state index in [0.29, 0.717) is 11.3 Å². The molecule has 0 fully saturated rings. The van der Waals surface area contributed by atoms with Crippen LogP contribution in [0, 0.1) is 6.92 Å². The fraction of sp³-hybridized carbons (Fsp3) is 0.375. The van der Waals surface area contributed by atoms with Crippen LogP contribution in [0.25, 0.3) is 0 Å². The maximum atomic E-state index is 11.1. The van der Waals surface area contributed by atoms with Crippen molar-refractivity contribution in [2.75, 3.05) is 13.7 Å². The Kier molecular flexibility index (Phi) is 2.44. The SMILES string of the molecule is COCC(=O)c1ccoc1C. The molecule has 0 unspecified atom stereocenters. The van der Waals surface area contributed by atoms with Crippen LogP contribution in [-0.4, -0.2) is 19.5 Å². The van der Waals surface area contributed by atoms with Crippen molar-refractivity contribution < 1.29 is 13.9 Å². The van der Waals surface area contributed by atoms with E-state index in [9.17, 15) is 4.79 Å². The van der Waals surface area contributed by atoms with Gasteiger partial charge in [-0.25, -0.2) is 0 Å². The third-order valence-electron chi connectivity index (χ3n) is 1.43. The van der Waals surface area contributed by atoms with E-state index in [1.54, 1.807) is 13.0 Å². The summed E-state index contributed by atoms with van der Waals surface area (Å²) in [4.78, 5) is 11.1. The molecule has 60 valence electrons. The summed E-state index contributed by atoms with van der Waals surface area (Å²) >= 11 is 0. The van der Waals surface area contributed by atoms with Crippen LogP contribution in [0.5, 0.6) is 0 Å². The fourth-order valence-electron chi connectivity index (χ4n) is 0.883. The molecule has 0 aromatic carbocycles. The number of rotatable bonds is 3. The van der Waals surface area contributed by atoms with Crippen LogP contribution in [0.2, 0.25) is 0 Å². The van der Waals surface area contributed by atoms with Crippen LogP contribution >= 0.6 is 0 Å². The second kappa shape index (κ2) is 3.34. The predicted octanol–water partition coefficient (Wildman–Crippen LogP) is 1.42. The first-order valence-electron chi connectivity index (χ1n) is 3.32. The highest BCUT2D eigenvalue weighted by atomic mass is 16.5. The van der Waals surface area contributed by atoms with Crippen LogP contribution in [0.1, 0.15) is 16.1 Å². The summed E-state index contributed by atoms with van der Waals surface area (Å²) in [6.07, 6.45) is 1.50. The van der Waals surface area contributed by atoms with E-state index in [4.69, 9.17) is 9.15 Å². The van der Waals surface area contributed by atoms with Gasteiger partial charge in [-0.05, 0) is 13.0 Å². The molecule has 1 heterocycles. The van der Waals surface area contributed by atoms with Gasteiger partial charge in [-0.3, -0.25) is 4.79 Å². The van der Waals surface area contributed by atoms with Crippen molar-refractivity contribution in [3.63, 3.8) is 0 Å². The maximum absolute atomic E-state index is 11.1. The standard InChI is InChI=1S/C8H10O3/c1-6-7(3-4-11-6)8(9)5-10-2/h3-4H,5H2,1-2H3. The molecule has 0 bridgehead atoms. The smallest absolute Gasteiger partial charge is 0.191 e. The molecule has 0 spiro atoms. The normalized spacial score (nSPS) is 10.0. The second-order valence-corrected chi connectivity index (χ2v) is 2.25. The van der Waals surface area contributed by atoms with E-state index in [1.165, 1.54) is 13.4 Å². The Balaban J connectivity index is 2.76. The molecule has 0 saturated heterocycles. The summed E-state index contributed by atoms with van der Waals surface area (Å²) < 4.78 is 9.65. The second-order valence-electron chi connectivity index (χ2n) is 2.25. The van der Waals surface area contributed by atoms with E-state index in [0.717, 1.165) is 0 Å². The molecule has 0 aliphatic carbocycles. The number of aryl methyl sites for hydroxylation is 1. The van der Waals surface area contributed by atoms with E-state index in [1.807, 2.05) is 0 Å². The highest BCUT2D eigenvalue weighted by molar-refractivity contribution is 5.97. The third kappa shape index (κ3) is 1.68. The Morgan fingerprint density at radius 2 is 2.45 bits per heavy atom. The zero-order valence-corrected chi connectivity index (χ0v) is 6.59. The Morgan fingerprint density at radius 1 is 1.73 bits per heavy atom. The Labute approximate surface area is 65.0 Å². The number of carbonyl (C=O) groups is 1. The van der Waals surface area contributed by atoms with E-state index in [-0.39, 0.29) is 12.4 Å². The number of furan rings is 1. The van der Waals surface area contributed by atoms with Crippen molar-refractivity contribution >= 4 is 5.78 Å². The zero-order chi connectivity index (χ0) is 8.27. The Bertz CT molecular complexity index is 250. The summed E-state index contributed by atoms with van der Waals surface area (Å²) in [5.74, 6) is 0.603. The van der Waals surface area contributed by atoms with Gasteiger partial charge in [0, 0.05) is 7.11 Å². The van der Waals surface area contributed by atoms with Gasteiger partial charge in [-0.1, -0.05) is 0 Å². The lowest BCUT2D eigenvalue weighted by Gasteiger charge is -1.95. The fourth-order valence-corrected chi connectivity index (χ4v) is 0.883. The maximum Gasteiger partial charge on any atom is 0.191 e. The first-order chi connectivity index (χ1) is 5.25. The van der Waals surface area contributed by atoms with Crippen LogP contribution < -0.4 is 0 Å².